The molecule has 0 unspecified atom stereocenters. The number of nitrogens with two attached hydrogens (primary N) is 1. The number of alkyl halides is 6. The topological polar surface area (TPSA) is 121 Å². The third kappa shape index (κ3) is 7.83. The zero-order valence-electron chi connectivity index (χ0n) is 28.0. The van der Waals surface area contributed by atoms with Crippen LogP contribution < -0.4 is 11.1 Å². The Morgan fingerprint density at radius 3 is 2.10 bits per heavy atom. The summed E-state index contributed by atoms with van der Waals surface area (Å²) in [7, 11) is 2.04. The van der Waals surface area contributed by atoms with Crippen LogP contribution in [0.25, 0.3) is 0 Å². The number of ether oxygens (including phenoxy) is 2. The fourth-order valence-corrected chi connectivity index (χ4v) is 7.51. The Labute approximate surface area is 290 Å². The highest BCUT2D eigenvalue weighted by Crippen LogP contribution is 2.44. The minimum Gasteiger partial charge on any atom is -0.438 e. The average molecular weight is 727 g/mol. The summed E-state index contributed by atoms with van der Waals surface area (Å²) < 4.78 is 94.5. The zero-order valence-corrected chi connectivity index (χ0v) is 28.0. The Kier molecular flexibility index (Phi) is 10.1. The lowest BCUT2D eigenvalue weighted by Gasteiger charge is -2.44. The standard InChI is InChI=1S/C34H40F6N6O5/c1-43-14-16-44(17-15-43)22-6-10-45(11-7-22)29(47)27(20-21-18-24(33(35,36)37)28(41)25(19-21)34(38,39)40)50-31(49)46-12-8-32(9-13-46)23-4-2-3-5-26(23)42-30(48)51-32/h2-5,18-19,22,27H,6-17,20,41H2,1H3,(H,42,48)/t27-/m1/s1. The van der Waals surface area contributed by atoms with Crippen molar-refractivity contribution in [1.29, 1.82) is 0 Å². The van der Waals surface area contributed by atoms with E-state index in [1.54, 1.807) is 24.3 Å². The van der Waals surface area contributed by atoms with E-state index in [2.05, 4.69) is 15.1 Å². The van der Waals surface area contributed by atoms with Gasteiger partial charge in [0.15, 0.2) is 6.10 Å². The van der Waals surface area contributed by atoms with Gasteiger partial charge in [-0.05, 0) is 43.7 Å². The van der Waals surface area contributed by atoms with Crippen LogP contribution in [0, 0.1) is 0 Å². The van der Waals surface area contributed by atoms with Gasteiger partial charge >= 0.3 is 24.5 Å². The predicted octanol–water partition coefficient (Wildman–Crippen LogP) is 5.15. The summed E-state index contributed by atoms with van der Waals surface area (Å²) in [5.74, 6) is -0.714. The number of amides is 3. The molecule has 0 aliphatic carbocycles. The van der Waals surface area contributed by atoms with Gasteiger partial charge in [-0.3, -0.25) is 15.0 Å². The number of carbonyl (C=O) groups is 3. The van der Waals surface area contributed by atoms with Gasteiger partial charge in [0.1, 0.15) is 5.60 Å². The van der Waals surface area contributed by atoms with Crippen molar-refractivity contribution in [2.24, 2.45) is 0 Å². The van der Waals surface area contributed by atoms with E-state index in [9.17, 15) is 40.7 Å². The van der Waals surface area contributed by atoms with Gasteiger partial charge in [0, 0.05) is 83.2 Å². The molecule has 3 amide bonds. The maximum Gasteiger partial charge on any atom is 0.418 e. The highest BCUT2D eigenvalue weighted by Gasteiger charge is 2.46. The van der Waals surface area contributed by atoms with Crippen molar-refractivity contribution in [2.45, 2.75) is 62.2 Å². The van der Waals surface area contributed by atoms with Gasteiger partial charge in [-0.25, -0.2) is 9.59 Å². The number of rotatable bonds is 5. The number of nitrogen functional groups attached to an aromatic ring is 1. The van der Waals surface area contributed by atoms with Gasteiger partial charge in [-0.1, -0.05) is 18.2 Å². The number of likely N-dealkylation sites (tertiary alicyclic amines) is 2. The Hall–Kier alpha value is -4.25. The molecule has 1 atom stereocenters. The number of carbonyl (C=O) groups excluding carboxylic acids is 3. The molecule has 51 heavy (non-hydrogen) atoms. The summed E-state index contributed by atoms with van der Waals surface area (Å²) in [6.07, 6.45) is -12.9. The van der Waals surface area contributed by atoms with E-state index in [1.165, 1.54) is 9.80 Å². The summed E-state index contributed by atoms with van der Waals surface area (Å²) in [5, 5.41) is 2.65. The Morgan fingerprint density at radius 2 is 1.51 bits per heavy atom. The molecule has 1 spiro atoms. The van der Waals surface area contributed by atoms with Gasteiger partial charge in [0.05, 0.1) is 22.5 Å². The number of anilines is 2. The molecule has 4 aliphatic heterocycles. The van der Waals surface area contributed by atoms with Gasteiger partial charge < -0.3 is 29.9 Å². The van der Waals surface area contributed by atoms with Gasteiger partial charge in [-0.2, -0.15) is 26.3 Å². The highest BCUT2D eigenvalue weighted by molar-refractivity contribution is 5.89. The fourth-order valence-electron chi connectivity index (χ4n) is 7.51. The van der Waals surface area contributed by atoms with Crippen molar-refractivity contribution in [2.75, 3.05) is 70.5 Å². The molecule has 2 aromatic carbocycles. The lowest BCUT2D eigenvalue weighted by Crippen LogP contribution is -2.54. The molecule has 3 N–H and O–H groups in total. The van der Waals surface area contributed by atoms with Crippen LogP contribution in [0.2, 0.25) is 0 Å². The van der Waals surface area contributed by atoms with Crippen LogP contribution in [0.1, 0.15) is 47.9 Å². The second-order valence-corrected chi connectivity index (χ2v) is 13.6. The van der Waals surface area contributed by atoms with E-state index in [0.717, 1.165) is 31.7 Å². The van der Waals surface area contributed by atoms with Crippen molar-refractivity contribution >= 4 is 29.5 Å². The number of piperidine rings is 2. The predicted molar refractivity (Wildman–Crippen MR) is 173 cm³/mol. The Bertz CT molecular complexity index is 1590. The maximum absolute atomic E-state index is 14.0. The summed E-state index contributed by atoms with van der Waals surface area (Å²) >= 11 is 0. The first-order chi connectivity index (χ1) is 24.0. The van der Waals surface area contributed by atoms with Crippen molar-refractivity contribution < 1.29 is 50.2 Å². The van der Waals surface area contributed by atoms with Crippen LogP contribution >= 0.6 is 0 Å². The van der Waals surface area contributed by atoms with Crippen LogP contribution in [0.3, 0.4) is 0 Å². The number of hydrogen-bond acceptors (Lipinski definition) is 8. The molecule has 3 saturated heterocycles. The normalized spacial score (nSPS) is 21.1. The number of para-hydroxylation sites is 1. The molecular formula is C34H40F6N6O5. The van der Waals surface area contributed by atoms with Gasteiger partial charge in [-0.15, -0.1) is 0 Å². The number of nitrogens with one attached hydrogen (secondary N) is 1. The van der Waals surface area contributed by atoms with E-state index < -0.39 is 70.9 Å². The number of nitrogens with zero attached hydrogens (tertiary/aromatic N) is 4. The van der Waals surface area contributed by atoms with Crippen LogP contribution in [0.5, 0.6) is 0 Å². The molecule has 3 fully saturated rings. The lowest BCUT2D eigenvalue weighted by molar-refractivity contribution is -0.143. The molecule has 278 valence electrons. The molecule has 11 nitrogen and oxygen atoms in total. The van der Waals surface area contributed by atoms with Crippen molar-refractivity contribution in [1.82, 2.24) is 19.6 Å². The van der Waals surface area contributed by atoms with E-state index in [0.29, 0.717) is 30.7 Å². The first-order valence-electron chi connectivity index (χ1n) is 16.9. The Balaban J connectivity index is 1.21. The maximum atomic E-state index is 14.0. The molecule has 4 aliphatic rings. The SMILES string of the molecule is CN1CCN(C2CCN(C(=O)[C@@H](Cc3cc(C(F)(F)F)c(N)c(C(F)(F)F)c3)OC(=O)N3CCC4(CC3)OC(=O)Nc3ccccc34)CC2)CC1. The van der Waals surface area contributed by atoms with E-state index in [1.807, 2.05) is 7.05 Å². The van der Waals surface area contributed by atoms with Crippen molar-refractivity contribution in [3.05, 3.63) is 58.7 Å². The van der Waals surface area contributed by atoms with Crippen molar-refractivity contribution in [3.8, 4) is 0 Å². The number of hydrogen-bond donors (Lipinski definition) is 2. The fraction of sp³-hybridized carbons (Fsp3) is 0.559. The number of benzene rings is 2. The molecule has 0 saturated carbocycles. The third-order valence-electron chi connectivity index (χ3n) is 10.4. The van der Waals surface area contributed by atoms with E-state index in [-0.39, 0.29) is 45.1 Å². The summed E-state index contributed by atoms with van der Waals surface area (Å²) in [5.41, 5.74) is 0.234. The van der Waals surface area contributed by atoms with Gasteiger partial charge in [0.25, 0.3) is 5.91 Å². The molecule has 0 bridgehead atoms. The van der Waals surface area contributed by atoms with E-state index >= 15 is 0 Å². The van der Waals surface area contributed by atoms with Gasteiger partial charge in [0.2, 0.25) is 0 Å². The van der Waals surface area contributed by atoms with Crippen LogP contribution in [-0.4, -0.2) is 109 Å². The largest absolute Gasteiger partial charge is 0.438 e. The minimum absolute atomic E-state index is 0.0378. The second-order valence-electron chi connectivity index (χ2n) is 13.6. The molecule has 4 heterocycles. The van der Waals surface area contributed by atoms with Crippen LogP contribution in [0.4, 0.5) is 47.3 Å². The van der Waals surface area contributed by atoms with Crippen LogP contribution in [-0.2, 0) is 38.6 Å². The monoisotopic (exact) mass is 726 g/mol. The average Bonchev–Trinajstić information content (AvgIpc) is 3.08. The van der Waals surface area contributed by atoms with Crippen molar-refractivity contribution in [3.63, 3.8) is 0 Å². The summed E-state index contributed by atoms with van der Waals surface area (Å²) in [6.45, 7) is 4.18. The first kappa shape index (κ1) is 36.5. The molecule has 0 radical (unpaired) electrons. The lowest BCUT2D eigenvalue weighted by atomic mass is 9.82. The molecular weight excluding hydrogens is 686 g/mol. The molecule has 17 heteroatoms. The third-order valence-corrected chi connectivity index (χ3v) is 10.4. The molecule has 6 rings (SSSR count). The zero-order chi connectivity index (χ0) is 36.7. The summed E-state index contributed by atoms with van der Waals surface area (Å²) in [4.78, 5) is 47.2. The summed E-state index contributed by atoms with van der Waals surface area (Å²) in [6, 6.07) is 8.22. The number of fused-ring (bicyclic) bond motifs is 2. The first-order valence-corrected chi connectivity index (χ1v) is 16.9. The molecule has 2 aromatic rings. The number of likely N-dealkylation sites (N-methyl/N-ethyl adjacent to an activating group) is 1. The quantitative estimate of drug-likeness (QED) is 0.321. The highest BCUT2D eigenvalue weighted by atomic mass is 19.4. The number of piperazine rings is 1. The smallest absolute Gasteiger partial charge is 0.418 e. The van der Waals surface area contributed by atoms with E-state index in [4.69, 9.17) is 15.2 Å². The second kappa shape index (κ2) is 14.1. The van der Waals surface area contributed by atoms with Crippen LogP contribution in [0.15, 0.2) is 36.4 Å². The Morgan fingerprint density at radius 1 is 0.922 bits per heavy atom. The molecule has 0 aromatic heterocycles. The minimum atomic E-state index is -5.22. The number of halogens is 6.